The van der Waals surface area contributed by atoms with Crippen LogP contribution in [0, 0.1) is 29.6 Å². The van der Waals surface area contributed by atoms with Gasteiger partial charge in [0.1, 0.15) is 0 Å². The van der Waals surface area contributed by atoms with Gasteiger partial charge in [-0.3, -0.25) is 4.79 Å². The molecule has 4 rings (SSSR count). The van der Waals surface area contributed by atoms with Gasteiger partial charge in [0.15, 0.2) is 0 Å². The molecule has 4 fully saturated rings. The first-order valence-corrected chi connectivity index (χ1v) is 8.78. The van der Waals surface area contributed by atoms with Crippen LogP contribution in [0.25, 0.3) is 0 Å². The number of fused-ring (bicyclic) bond motifs is 3. The normalized spacial score (nSPS) is 46.4. The van der Waals surface area contributed by atoms with Crippen molar-refractivity contribution in [3.63, 3.8) is 0 Å². The quantitative estimate of drug-likeness (QED) is 0.830. The van der Waals surface area contributed by atoms with Crippen molar-refractivity contribution in [2.24, 2.45) is 29.6 Å². The molecule has 3 heteroatoms. The lowest BCUT2D eigenvalue weighted by Gasteiger charge is -2.32. The second-order valence-corrected chi connectivity index (χ2v) is 7.89. The largest absolute Gasteiger partial charge is 0.353 e. The van der Waals surface area contributed by atoms with Gasteiger partial charge in [0.25, 0.3) is 0 Å². The van der Waals surface area contributed by atoms with Crippen LogP contribution in [0.2, 0.25) is 0 Å². The Kier molecular flexibility index (Phi) is 3.49. The first-order chi connectivity index (χ1) is 9.78. The predicted octanol–water partition coefficient (Wildman–Crippen LogP) is 2.32. The van der Waals surface area contributed by atoms with Gasteiger partial charge in [0.2, 0.25) is 5.91 Å². The zero-order chi connectivity index (χ0) is 13.5. The molecule has 2 N–H and O–H groups in total. The summed E-state index contributed by atoms with van der Waals surface area (Å²) < 4.78 is 0. The van der Waals surface area contributed by atoms with Gasteiger partial charge in [-0.25, -0.2) is 0 Å². The van der Waals surface area contributed by atoms with Crippen LogP contribution in [-0.4, -0.2) is 25.0 Å². The third-order valence-corrected chi connectivity index (χ3v) is 6.65. The van der Waals surface area contributed by atoms with Crippen LogP contribution >= 0.6 is 0 Å². The second-order valence-electron chi connectivity index (χ2n) is 7.89. The minimum Gasteiger partial charge on any atom is -0.353 e. The van der Waals surface area contributed by atoms with Gasteiger partial charge in [-0.1, -0.05) is 6.42 Å². The van der Waals surface area contributed by atoms with Crippen molar-refractivity contribution >= 4 is 5.91 Å². The Bertz CT molecular complexity index is 383. The summed E-state index contributed by atoms with van der Waals surface area (Å²) in [6, 6.07) is 0.460. The molecule has 4 aliphatic rings. The Labute approximate surface area is 122 Å². The molecule has 112 valence electrons. The van der Waals surface area contributed by atoms with E-state index < -0.39 is 0 Å². The molecular formula is C17H28N2O. The van der Waals surface area contributed by atoms with Crippen LogP contribution in [-0.2, 0) is 4.79 Å². The topological polar surface area (TPSA) is 41.1 Å². The van der Waals surface area contributed by atoms with Gasteiger partial charge in [-0.05, 0) is 81.2 Å². The van der Waals surface area contributed by atoms with Gasteiger partial charge >= 0.3 is 0 Å². The van der Waals surface area contributed by atoms with Crippen LogP contribution in [0.5, 0.6) is 0 Å². The summed E-state index contributed by atoms with van der Waals surface area (Å²) >= 11 is 0. The van der Waals surface area contributed by atoms with Crippen LogP contribution < -0.4 is 10.6 Å². The van der Waals surface area contributed by atoms with Crippen LogP contribution in [0.4, 0.5) is 0 Å². The minimum atomic E-state index is 0.344. The SMILES string of the molecule is O=C(CC1CC2CCC1C2)NC1CC[C@H]2CNC[C@H]2C1. The highest BCUT2D eigenvalue weighted by molar-refractivity contribution is 5.76. The fraction of sp³-hybridized carbons (Fsp3) is 0.941. The molecule has 3 nitrogen and oxygen atoms in total. The van der Waals surface area contributed by atoms with Crippen molar-refractivity contribution in [2.75, 3.05) is 13.1 Å². The molecule has 0 spiro atoms. The molecule has 4 unspecified atom stereocenters. The maximum atomic E-state index is 12.3. The standard InChI is InChI=1S/C17H28N2O/c20-17(8-14-6-11-1-2-12(14)5-11)19-16-4-3-13-9-18-10-15(13)7-16/h11-16,18H,1-10H2,(H,19,20)/t11?,12?,13-,14?,15+,16?/m0/s1. The highest BCUT2D eigenvalue weighted by Gasteiger charge is 2.40. The van der Waals surface area contributed by atoms with E-state index in [1.54, 1.807) is 0 Å². The highest BCUT2D eigenvalue weighted by Crippen LogP contribution is 2.49. The molecule has 0 radical (unpaired) electrons. The van der Waals surface area contributed by atoms with E-state index in [9.17, 15) is 4.79 Å². The Hall–Kier alpha value is -0.570. The van der Waals surface area contributed by atoms with Crippen molar-refractivity contribution in [1.29, 1.82) is 0 Å². The number of hydrogen-bond donors (Lipinski definition) is 2. The highest BCUT2D eigenvalue weighted by atomic mass is 16.1. The van der Waals surface area contributed by atoms with Crippen molar-refractivity contribution in [3.8, 4) is 0 Å². The van der Waals surface area contributed by atoms with Crippen molar-refractivity contribution in [1.82, 2.24) is 10.6 Å². The lowest BCUT2D eigenvalue weighted by molar-refractivity contribution is -0.123. The molecule has 20 heavy (non-hydrogen) atoms. The third kappa shape index (κ3) is 2.49. The number of nitrogens with one attached hydrogen (secondary N) is 2. The molecule has 1 heterocycles. The fourth-order valence-electron chi connectivity index (χ4n) is 5.58. The molecular weight excluding hydrogens is 248 g/mol. The number of rotatable bonds is 3. The Balaban J connectivity index is 1.25. The molecule has 0 aromatic rings. The summed E-state index contributed by atoms with van der Waals surface area (Å²) in [6.45, 7) is 2.37. The van der Waals surface area contributed by atoms with Crippen LogP contribution in [0.15, 0.2) is 0 Å². The summed E-state index contributed by atoms with van der Waals surface area (Å²) in [5.41, 5.74) is 0. The molecule has 1 amide bonds. The monoisotopic (exact) mass is 276 g/mol. The predicted molar refractivity (Wildman–Crippen MR) is 79.2 cm³/mol. The van der Waals surface area contributed by atoms with Crippen molar-refractivity contribution in [3.05, 3.63) is 0 Å². The number of amides is 1. The fourth-order valence-corrected chi connectivity index (χ4v) is 5.58. The molecule has 2 bridgehead atoms. The zero-order valence-electron chi connectivity index (χ0n) is 12.4. The Morgan fingerprint density at radius 1 is 0.950 bits per heavy atom. The molecule has 6 atom stereocenters. The second kappa shape index (κ2) is 5.32. The number of hydrogen-bond acceptors (Lipinski definition) is 2. The van der Waals surface area contributed by atoms with E-state index in [4.69, 9.17) is 0 Å². The van der Waals surface area contributed by atoms with E-state index in [0.29, 0.717) is 17.9 Å². The average Bonchev–Trinajstić information content (AvgIpc) is 3.13. The summed E-state index contributed by atoms with van der Waals surface area (Å²) in [5.74, 6) is 4.58. The van der Waals surface area contributed by atoms with E-state index >= 15 is 0 Å². The van der Waals surface area contributed by atoms with E-state index in [1.807, 2.05) is 0 Å². The van der Waals surface area contributed by atoms with E-state index in [0.717, 1.165) is 30.1 Å². The molecule has 1 aliphatic heterocycles. The van der Waals surface area contributed by atoms with E-state index in [-0.39, 0.29) is 0 Å². The van der Waals surface area contributed by atoms with Gasteiger partial charge in [0.05, 0.1) is 0 Å². The lowest BCUT2D eigenvalue weighted by Crippen LogP contribution is -2.41. The van der Waals surface area contributed by atoms with Crippen molar-refractivity contribution in [2.45, 2.75) is 57.4 Å². The third-order valence-electron chi connectivity index (χ3n) is 6.65. The van der Waals surface area contributed by atoms with Gasteiger partial charge in [0, 0.05) is 12.5 Å². The zero-order valence-corrected chi connectivity index (χ0v) is 12.4. The molecule has 3 aliphatic carbocycles. The summed E-state index contributed by atoms with van der Waals surface area (Å²) in [4.78, 5) is 12.3. The van der Waals surface area contributed by atoms with Crippen molar-refractivity contribution < 1.29 is 4.79 Å². The molecule has 1 saturated heterocycles. The van der Waals surface area contributed by atoms with E-state index in [1.165, 1.54) is 58.0 Å². The first kappa shape index (κ1) is 13.1. The molecule has 3 saturated carbocycles. The Morgan fingerprint density at radius 3 is 2.60 bits per heavy atom. The van der Waals surface area contributed by atoms with E-state index in [2.05, 4.69) is 10.6 Å². The maximum absolute atomic E-state index is 12.3. The lowest BCUT2D eigenvalue weighted by atomic mass is 9.79. The smallest absolute Gasteiger partial charge is 0.220 e. The molecule has 0 aromatic carbocycles. The average molecular weight is 276 g/mol. The number of carbonyl (C=O) groups excluding carboxylic acids is 1. The maximum Gasteiger partial charge on any atom is 0.220 e. The van der Waals surface area contributed by atoms with Gasteiger partial charge < -0.3 is 10.6 Å². The first-order valence-electron chi connectivity index (χ1n) is 8.78. The summed E-state index contributed by atoms with van der Waals surface area (Å²) in [5, 5.41) is 6.85. The van der Waals surface area contributed by atoms with Gasteiger partial charge in [-0.2, -0.15) is 0 Å². The summed E-state index contributed by atoms with van der Waals surface area (Å²) in [6.07, 6.45) is 10.1. The minimum absolute atomic E-state index is 0.344. The summed E-state index contributed by atoms with van der Waals surface area (Å²) in [7, 11) is 0. The van der Waals surface area contributed by atoms with Crippen LogP contribution in [0.1, 0.15) is 51.4 Å². The molecule has 0 aromatic heterocycles. The van der Waals surface area contributed by atoms with Gasteiger partial charge in [-0.15, -0.1) is 0 Å². The van der Waals surface area contributed by atoms with Crippen LogP contribution in [0.3, 0.4) is 0 Å². The number of carbonyl (C=O) groups is 1. The Morgan fingerprint density at radius 2 is 1.80 bits per heavy atom.